The van der Waals surface area contributed by atoms with Crippen LogP contribution < -0.4 is 4.90 Å². The van der Waals surface area contributed by atoms with Crippen molar-refractivity contribution < 1.29 is 0 Å². The van der Waals surface area contributed by atoms with Crippen LogP contribution in [0.25, 0.3) is 72.0 Å². The number of hydrogen-bond acceptors (Lipinski definition) is 1. The number of benzene rings is 9. The summed E-state index contributed by atoms with van der Waals surface area (Å²) in [7, 11) is 0. The molecule has 0 saturated carbocycles. The van der Waals surface area contributed by atoms with E-state index in [1.165, 1.54) is 60.8 Å². The van der Waals surface area contributed by atoms with Crippen molar-refractivity contribution in [2.75, 3.05) is 4.90 Å². The average Bonchev–Trinajstić information content (AvgIpc) is 3.63. The number of aromatic nitrogens is 1. The highest BCUT2D eigenvalue weighted by Crippen LogP contribution is 2.44. The van der Waals surface area contributed by atoms with Gasteiger partial charge in [0.25, 0.3) is 0 Å². The molecule has 264 valence electrons. The first-order valence-corrected chi connectivity index (χ1v) is 19.2. The van der Waals surface area contributed by atoms with Gasteiger partial charge in [0.2, 0.25) is 0 Å². The van der Waals surface area contributed by atoms with Crippen molar-refractivity contribution in [2.24, 2.45) is 0 Å². The van der Waals surface area contributed by atoms with Crippen LogP contribution in [-0.4, -0.2) is 4.57 Å². The van der Waals surface area contributed by atoms with Gasteiger partial charge in [0.05, 0.1) is 16.7 Å². The van der Waals surface area contributed by atoms with Gasteiger partial charge in [-0.1, -0.05) is 176 Å². The van der Waals surface area contributed by atoms with Gasteiger partial charge in [-0.05, 0) is 99.1 Å². The van der Waals surface area contributed by atoms with E-state index in [1.54, 1.807) is 0 Å². The van der Waals surface area contributed by atoms with E-state index in [9.17, 15) is 0 Å². The van der Waals surface area contributed by atoms with Crippen LogP contribution in [0.5, 0.6) is 0 Å². The van der Waals surface area contributed by atoms with Crippen LogP contribution in [0.15, 0.2) is 231 Å². The summed E-state index contributed by atoms with van der Waals surface area (Å²) in [6, 6.07) is 82.9. The van der Waals surface area contributed by atoms with Crippen LogP contribution in [0.2, 0.25) is 0 Å². The van der Waals surface area contributed by atoms with Gasteiger partial charge >= 0.3 is 0 Å². The predicted octanol–water partition coefficient (Wildman–Crippen LogP) is 14.9. The summed E-state index contributed by atoms with van der Waals surface area (Å²) in [5.74, 6) is 0. The lowest BCUT2D eigenvalue weighted by molar-refractivity contribution is 1.18. The van der Waals surface area contributed by atoms with E-state index in [4.69, 9.17) is 0 Å². The molecule has 2 heteroatoms. The van der Waals surface area contributed by atoms with Crippen LogP contribution >= 0.6 is 0 Å². The zero-order valence-electron chi connectivity index (χ0n) is 30.8. The summed E-state index contributed by atoms with van der Waals surface area (Å²) in [4.78, 5) is 2.40. The number of rotatable bonds is 8. The van der Waals surface area contributed by atoms with Gasteiger partial charge in [0.15, 0.2) is 0 Å². The molecule has 0 radical (unpaired) electrons. The third-order valence-electron chi connectivity index (χ3n) is 10.8. The Kier molecular flexibility index (Phi) is 8.55. The summed E-state index contributed by atoms with van der Waals surface area (Å²) in [6.07, 6.45) is 0. The Bertz CT molecular complexity index is 2930. The molecular weight excluding hydrogens is 677 g/mol. The first-order chi connectivity index (χ1) is 27.8. The first-order valence-electron chi connectivity index (χ1n) is 19.2. The normalized spacial score (nSPS) is 11.2. The molecule has 10 rings (SSSR count). The predicted molar refractivity (Wildman–Crippen MR) is 237 cm³/mol. The minimum atomic E-state index is 1.10. The molecule has 0 amide bonds. The molecule has 0 bridgehead atoms. The lowest BCUT2D eigenvalue weighted by Gasteiger charge is -2.27. The van der Waals surface area contributed by atoms with E-state index in [0.29, 0.717) is 0 Å². The fourth-order valence-corrected chi connectivity index (χ4v) is 8.26. The minimum absolute atomic E-state index is 1.10. The number of hydrogen-bond donors (Lipinski definition) is 0. The van der Waals surface area contributed by atoms with Crippen molar-refractivity contribution in [2.45, 2.75) is 0 Å². The molecule has 1 aromatic heterocycles. The van der Waals surface area contributed by atoms with Gasteiger partial charge in [0, 0.05) is 27.8 Å². The van der Waals surface area contributed by atoms with Crippen molar-refractivity contribution >= 4 is 38.9 Å². The Morgan fingerprint density at radius 2 is 0.696 bits per heavy atom. The summed E-state index contributed by atoms with van der Waals surface area (Å²) in [5, 5.41) is 2.43. The molecule has 0 aliphatic rings. The van der Waals surface area contributed by atoms with Gasteiger partial charge in [-0.15, -0.1) is 0 Å². The largest absolute Gasteiger partial charge is 0.310 e. The smallest absolute Gasteiger partial charge is 0.0562 e. The third kappa shape index (κ3) is 5.95. The Hall–Kier alpha value is -7.42. The summed E-state index contributed by atoms with van der Waals surface area (Å²) >= 11 is 0. The molecule has 0 N–H and O–H groups in total. The van der Waals surface area contributed by atoms with Crippen molar-refractivity contribution in [1.29, 1.82) is 0 Å². The SMILES string of the molecule is c1ccc(-c2ccccc2-c2ccc(N(c3ccccc3)c3cccc4c3c3ccccc3n4-c3ccc(-c4ccccc4-c4ccccc4)cc3)cc2)cc1. The second-order valence-electron chi connectivity index (χ2n) is 14.1. The maximum atomic E-state index is 2.41. The number of para-hydroxylation sites is 2. The van der Waals surface area contributed by atoms with Crippen molar-refractivity contribution in [3.8, 4) is 50.2 Å². The van der Waals surface area contributed by atoms with E-state index < -0.39 is 0 Å². The molecule has 10 aromatic rings. The van der Waals surface area contributed by atoms with Crippen LogP contribution in [0.3, 0.4) is 0 Å². The molecule has 0 spiro atoms. The topological polar surface area (TPSA) is 8.17 Å². The van der Waals surface area contributed by atoms with Crippen molar-refractivity contribution in [3.63, 3.8) is 0 Å². The lowest BCUT2D eigenvalue weighted by atomic mass is 9.94. The molecule has 9 aromatic carbocycles. The van der Waals surface area contributed by atoms with Gasteiger partial charge < -0.3 is 9.47 Å². The average molecular weight is 715 g/mol. The van der Waals surface area contributed by atoms with E-state index in [0.717, 1.165) is 28.3 Å². The Labute approximate surface area is 327 Å². The van der Waals surface area contributed by atoms with E-state index >= 15 is 0 Å². The fraction of sp³-hybridized carbons (Fsp3) is 0. The highest BCUT2D eigenvalue weighted by atomic mass is 15.1. The fourth-order valence-electron chi connectivity index (χ4n) is 8.26. The van der Waals surface area contributed by atoms with Crippen molar-refractivity contribution in [1.82, 2.24) is 4.57 Å². The number of fused-ring (bicyclic) bond motifs is 3. The quantitative estimate of drug-likeness (QED) is 0.152. The highest BCUT2D eigenvalue weighted by molar-refractivity contribution is 6.16. The van der Waals surface area contributed by atoms with Crippen LogP contribution in [0, 0.1) is 0 Å². The number of nitrogens with zero attached hydrogens (tertiary/aromatic N) is 2. The molecule has 2 nitrogen and oxygen atoms in total. The zero-order chi connectivity index (χ0) is 37.3. The van der Waals surface area contributed by atoms with Gasteiger partial charge in [0.1, 0.15) is 0 Å². The standard InChI is InChI=1S/C54H38N2/c1-4-17-39(18-5-1)46-23-10-12-25-48(46)41-31-35-44(36-32-41)55(43-21-8-3-9-22-43)52-29-16-30-53-54(52)50-27-14-15-28-51(50)56(53)45-37-33-42(34-38-45)49-26-13-11-24-47(49)40-19-6-2-7-20-40/h1-38H. The van der Waals surface area contributed by atoms with E-state index in [-0.39, 0.29) is 0 Å². The third-order valence-corrected chi connectivity index (χ3v) is 10.8. The van der Waals surface area contributed by atoms with Crippen LogP contribution in [0.1, 0.15) is 0 Å². The van der Waals surface area contributed by atoms with Gasteiger partial charge in [-0.2, -0.15) is 0 Å². The number of anilines is 3. The van der Waals surface area contributed by atoms with Crippen LogP contribution in [-0.2, 0) is 0 Å². The van der Waals surface area contributed by atoms with Crippen LogP contribution in [0.4, 0.5) is 17.1 Å². The summed E-state index contributed by atoms with van der Waals surface area (Å²) in [5.41, 5.74) is 16.5. The maximum absolute atomic E-state index is 2.41. The van der Waals surface area contributed by atoms with Gasteiger partial charge in [-0.25, -0.2) is 0 Å². The second-order valence-corrected chi connectivity index (χ2v) is 14.1. The molecule has 56 heavy (non-hydrogen) atoms. The maximum Gasteiger partial charge on any atom is 0.0562 e. The van der Waals surface area contributed by atoms with E-state index in [1.807, 2.05) is 0 Å². The monoisotopic (exact) mass is 714 g/mol. The summed E-state index contributed by atoms with van der Waals surface area (Å²) < 4.78 is 2.41. The first kappa shape index (κ1) is 33.2. The lowest BCUT2D eigenvalue weighted by Crippen LogP contribution is -2.10. The molecule has 0 fully saturated rings. The Morgan fingerprint density at radius 3 is 1.25 bits per heavy atom. The Balaban J connectivity index is 1.10. The Morgan fingerprint density at radius 1 is 0.286 bits per heavy atom. The van der Waals surface area contributed by atoms with Crippen molar-refractivity contribution in [3.05, 3.63) is 231 Å². The molecule has 0 aliphatic heterocycles. The molecule has 0 unspecified atom stereocenters. The minimum Gasteiger partial charge on any atom is -0.310 e. The molecule has 1 heterocycles. The second kappa shape index (κ2) is 14.4. The molecule has 0 atom stereocenters. The molecule has 0 aliphatic carbocycles. The van der Waals surface area contributed by atoms with Gasteiger partial charge in [-0.3, -0.25) is 0 Å². The molecule has 0 saturated heterocycles. The zero-order valence-corrected chi connectivity index (χ0v) is 30.8. The summed E-state index contributed by atoms with van der Waals surface area (Å²) in [6.45, 7) is 0. The molecular formula is C54H38N2. The highest BCUT2D eigenvalue weighted by Gasteiger charge is 2.21. The van der Waals surface area contributed by atoms with E-state index in [2.05, 4.69) is 240 Å².